The van der Waals surface area contributed by atoms with Crippen molar-refractivity contribution in [1.29, 1.82) is 0 Å². The number of benzene rings is 1. The molecule has 2 amide bonds. The van der Waals surface area contributed by atoms with E-state index in [1.54, 1.807) is 23.1 Å². The second-order valence-electron chi connectivity index (χ2n) is 5.25. The van der Waals surface area contributed by atoms with Gasteiger partial charge in [0.2, 0.25) is 0 Å². The highest BCUT2D eigenvalue weighted by molar-refractivity contribution is 5.90. The highest BCUT2D eigenvalue weighted by Gasteiger charge is 2.32. The lowest BCUT2D eigenvalue weighted by molar-refractivity contribution is 0.185. The highest BCUT2D eigenvalue weighted by atomic mass is 19.1. The van der Waals surface area contributed by atoms with Crippen molar-refractivity contribution in [1.82, 2.24) is 4.90 Å². The molecule has 22 heavy (non-hydrogen) atoms. The molecule has 0 unspecified atom stereocenters. The van der Waals surface area contributed by atoms with E-state index in [-0.39, 0.29) is 24.9 Å². The Morgan fingerprint density at radius 1 is 1.41 bits per heavy atom. The number of aliphatic hydroxyl groups excluding tert-OH is 1. The SMILES string of the molecule is O=C(Nc1cc(-c2ccco2)ccc1F)N(CCO)C1CC1. The lowest BCUT2D eigenvalue weighted by Gasteiger charge is -2.22. The number of anilines is 1. The second kappa shape index (κ2) is 6.19. The van der Waals surface area contributed by atoms with Gasteiger partial charge < -0.3 is 19.7 Å². The van der Waals surface area contributed by atoms with E-state index in [1.165, 1.54) is 18.4 Å². The second-order valence-corrected chi connectivity index (χ2v) is 5.25. The van der Waals surface area contributed by atoms with Crippen LogP contribution in [0.4, 0.5) is 14.9 Å². The number of amides is 2. The van der Waals surface area contributed by atoms with Crippen LogP contribution in [0.5, 0.6) is 0 Å². The Balaban J connectivity index is 1.79. The first-order valence-electron chi connectivity index (χ1n) is 7.21. The van der Waals surface area contributed by atoms with Crippen LogP contribution in [0.3, 0.4) is 0 Å². The van der Waals surface area contributed by atoms with Gasteiger partial charge >= 0.3 is 6.03 Å². The number of aliphatic hydroxyl groups is 1. The van der Waals surface area contributed by atoms with Gasteiger partial charge in [-0.05, 0) is 43.2 Å². The van der Waals surface area contributed by atoms with Crippen molar-refractivity contribution < 1.29 is 18.7 Å². The van der Waals surface area contributed by atoms with Gasteiger partial charge in [-0.3, -0.25) is 0 Å². The van der Waals surface area contributed by atoms with Gasteiger partial charge in [-0.1, -0.05) is 0 Å². The summed E-state index contributed by atoms with van der Waals surface area (Å²) in [4.78, 5) is 13.8. The minimum atomic E-state index is -0.511. The fourth-order valence-electron chi connectivity index (χ4n) is 2.35. The van der Waals surface area contributed by atoms with E-state index in [4.69, 9.17) is 9.52 Å². The van der Waals surface area contributed by atoms with Crippen LogP contribution in [0.25, 0.3) is 11.3 Å². The Labute approximate surface area is 127 Å². The molecule has 0 atom stereocenters. The van der Waals surface area contributed by atoms with Crippen LogP contribution in [0.1, 0.15) is 12.8 Å². The van der Waals surface area contributed by atoms with E-state index in [0.717, 1.165) is 12.8 Å². The van der Waals surface area contributed by atoms with Crippen molar-refractivity contribution >= 4 is 11.7 Å². The summed E-state index contributed by atoms with van der Waals surface area (Å²) in [6, 6.07) is 7.68. The quantitative estimate of drug-likeness (QED) is 0.892. The van der Waals surface area contributed by atoms with Crippen LogP contribution in [-0.2, 0) is 0 Å². The lowest BCUT2D eigenvalue weighted by atomic mass is 10.1. The minimum absolute atomic E-state index is 0.0995. The average molecular weight is 304 g/mol. The van der Waals surface area contributed by atoms with Gasteiger partial charge in [0.1, 0.15) is 11.6 Å². The summed E-state index contributed by atoms with van der Waals surface area (Å²) in [5.74, 6) is 0.0910. The number of carbonyl (C=O) groups is 1. The van der Waals surface area contributed by atoms with Crippen molar-refractivity contribution in [3.05, 3.63) is 42.4 Å². The van der Waals surface area contributed by atoms with Crippen molar-refractivity contribution in [3.63, 3.8) is 0 Å². The van der Waals surface area contributed by atoms with E-state index in [9.17, 15) is 9.18 Å². The Hall–Kier alpha value is -2.34. The van der Waals surface area contributed by atoms with E-state index >= 15 is 0 Å². The summed E-state index contributed by atoms with van der Waals surface area (Å²) in [7, 11) is 0. The van der Waals surface area contributed by atoms with Crippen LogP contribution < -0.4 is 5.32 Å². The Morgan fingerprint density at radius 2 is 2.23 bits per heavy atom. The first-order chi connectivity index (χ1) is 10.7. The topological polar surface area (TPSA) is 65.7 Å². The molecule has 1 aromatic heterocycles. The standard InChI is InChI=1S/C16H17FN2O3/c17-13-6-3-11(15-2-1-9-22-15)10-14(13)18-16(21)19(7-8-20)12-4-5-12/h1-3,6,9-10,12,20H,4-5,7-8H2,(H,18,21). The molecule has 0 aliphatic heterocycles. The first kappa shape index (κ1) is 14.6. The molecule has 1 aliphatic carbocycles. The number of halogens is 1. The first-order valence-corrected chi connectivity index (χ1v) is 7.21. The molecule has 3 rings (SSSR count). The highest BCUT2D eigenvalue weighted by Crippen LogP contribution is 2.29. The van der Waals surface area contributed by atoms with Gasteiger partial charge in [0, 0.05) is 18.2 Å². The normalized spacial score (nSPS) is 13.9. The summed E-state index contributed by atoms with van der Waals surface area (Å²) in [6.45, 7) is 0.134. The lowest BCUT2D eigenvalue weighted by Crippen LogP contribution is -2.38. The Kier molecular flexibility index (Phi) is 4.11. The van der Waals surface area contributed by atoms with E-state index < -0.39 is 11.8 Å². The summed E-state index contributed by atoms with van der Waals surface area (Å²) < 4.78 is 19.2. The van der Waals surface area contributed by atoms with Crippen molar-refractivity contribution in [2.24, 2.45) is 0 Å². The van der Waals surface area contributed by atoms with Crippen molar-refractivity contribution in [3.8, 4) is 11.3 Å². The van der Waals surface area contributed by atoms with Crippen LogP contribution in [0.2, 0.25) is 0 Å². The van der Waals surface area contributed by atoms with Gasteiger partial charge in [-0.25, -0.2) is 9.18 Å². The monoisotopic (exact) mass is 304 g/mol. The third kappa shape index (κ3) is 3.12. The van der Waals surface area contributed by atoms with Crippen LogP contribution in [0.15, 0.2) is 41.0 Å². The van der Waals surface area contributed by atoms with Gasteiger partial charge in [-0.2, -0.15) is 0 Å². The number of furan rings is 1. The number of hydrogen-bond donors (Lipinski definition) is 2. The van der Waals surface area contributed by atoms with E-state index in [1.807, 2.05) is 0 Å². The van der Waals surface area contributed by atoms with Crippen LogP contribution in [0, 0.1) is 5.82 Å². The summed E-state index contributed by atoms with van der Waals surface area (Å²) in [5.41, 5.74) is 0.782. The molecule has 1 aromatic carbocycles. The predicted octanol–water partition coefficient (Wildman–Crippen LogP) is 3.07. The molecule has 1 saturated carbocycles. The summed E-state index contributed by atoms with van der Waals surface area (Å²) in [5, 5.41) is 11.6. The number of nitrogens with zero attached hydrogens (tertiary/aromatic N) is 1. The Morgan fingerprint density at radius 3 is 2.86 bits per heavy atom. The molecule has 1 heterocycles. The van der Waals surface area contributed by atoms with Gasteiger partial charge in [0.05, 0.1) is 18.6 Å². The largest absolute Gasteiger partial charge is 0.464 e. The molecule has 0 bridgehead atoms. The maximum absolute atomic E-state index is 13.9. The molecule has 2 N–H and O–H groups in total. The zero-order chi connectivity index (χ0) is 15.5. The molecular weight excluding hydrogens is 287 g/mol. The number of hydrogen-bond acceptors (Lipinski definition) is 3. The number of urea groups is 1. The van der Waals surface area contributed by atoms with E-state index in [0.29, 0.717) is 11.3 Å². The zero-order valence-electron chi connectivity index (χ0n) is 12.0. The third-order valence-electron chi connectivity index (χ3n) is 3.60. The third-order valence-corrected chi connectivity index (χ3v) is 3.60. The molecule has 2 aromatic rings. The Bertz CT molecular complexity index is 653. The van der Waals surface area contributed by atoms with Crippen molar-refractivity contribution in [2.45, 2.75) is 18.9 Å². The molecule has 6 heteroatoms. The van der Waals surface area contributed by atoms with Crippen molar-refractivity contribution in [2.75, 3.05) is 18.5 Å². The number of rotatable bonds is 5. The van der Waals surface area contributed by atoms with Crippen LogP contribution >= 0.6 is 0 Å². The summed E-state index contributed by atoms with van der Waals surface area (Å²) >= 11 is 0. The maximum Gasteiger partial charge on any atom is 0.322 e. The number of carbonyl (C=O) groups excluding carboxylic acids is 1. The molecule has 0 saturated heterocycles. The molecule has 1 fully saturated rings. The zero-order valence-corrected chi connectivity index (χ0v) is 12.0. The smallest absolute Gasteiger partial charge is 0.322 e. The molecule has 116 valence electrons. The van der Waals surface area contributed by atoms with Crippen LogP contribution in [-0.4, -0.2) is 35.2 Å². The van der Waals surface area contributed by atoms with Gasteiger partial charge in [0.15, 0.2) is 0 Å². The van der Waals surface area contributed by atoms with Gasteiger partial charge in [-0.15, -0.1) is 0 Å². The average Bonchev–Trinajstić information content (AvgIpc) is 3.20. The summed E-state index contributed by atoms with van der Waals surface area (Å²) in [6.07, 6.45) is 3.37. The van der Waals surface area contributed by atoms with E-state index in [2.05, 4.69) is 5.32 Å². The fourth-order valence-corrected chi connectivity index (χ4v) is 2.35. The molecule has 1 aliphatic rings. The number of nitrogens with one attached hydrogen (secondary N) is 1. The molecule has 0 radical (unpaired) electrons. The molecular formula is C16H17FN2O3. The molecule has 5 nitrogen and oxygen atoms in total. The molecule has 0 spiro atoms. The maximum atomic E-state index is 13.9. The van der Waals surface area contributed by atoms with Gasteiger partial charge in [0.25, 0.3) is 0 Å². The fraction of sp³-hybridized carbons (Fsp3) is 0.312. The predicted molar refractivity (Wildman–Crippen MR) is 79.9 cm³/mol. The minimum Gasteiger partial charge on any atom is -0.464 e.